The van der Waals surface area contributed by atoms with E-state index in [4.69, 9.17) is 4.74 Å². The van der Waals surface area contributed by atoms with E-state index in [1.807, 2.05) is 44.2 Å². The first kappa shape index (κ1) is 13.3. The molecule has 0 aliphatic carbocycles. The van der Waals surface area contributed by atoms with E-state index in [0.29, 0.717) is 19.7 Å². The van der Waals surface area contributed by atoms with Gasteiger partial charge in [-0.2, -0.15) is 0 Å². The molecule has 3 nitrogen and oxygen atoms in total. The highest BCUT2D eigenvalue weighted by molar-refractivity contribution is 5.67. The Balaban J connectivity index is 2.45. The SMILES string of the molecule is C=C(C)CN(CC)C(=O)OCc1ccccc1. The summed E-state index contributed by atoms with van der Waals surface area (Å²) in [6.45, 7) is 9.10. The number of carbonyl (C=O) groups excluding carboxylic acids is 1. The summed E-state index contributed by atoms with van der Waals surface area (Å²) >= 11 is 0. The van der Waals surface area contributed by atoms with Crippen molar-refractivity contribution in [2.45, 2.75) is 20.5 Å². The molecule has 0 bridgehead atoms. The van der Waals surface area contributed by atoms with Crippen LogP contribution in [-0.4, -0.2) is 24.1 Å². The number of benzene rings is 1. The lowest BCUT2D eigenvalue weighted by Gasteiger charge is -2.20. The van der Waals surface area contributed by atoms with Crippen LogP contribution in [0.1, 0.15) is 19.4 Å². The van der Waals surface area contributed by atoms with Crippen LogP contribution in [0.15, 0.2) is 42.5 Å². The lowest BCUT2D eigenvalue weighted by molar-refractivity contribution is 0.101. The molecule has 0 heterocycles. The summed E-state index contributed by atoms with van der Waals surface area (Å²) in [6.07, 6.45) is -0.292. The van der Waals surface area contributed by atoms with Gasteiger partial charge in [-0.15, -0.1) is 0 Å². The van der Waals surface area contributed by atoms with Crippen LogP contribution < -0.4 is 0 Å². The number of amides is 1. The van der Waals surface area contributed by atoms with Crippen molar-refractivity contribution < 1.29 is 9.53 Å². The van der Waals surface area contributed by atoms with Gasteiger partial charge in [0.05, 0.1) is 0 Å². The van der Waals surface area contributed by atoms with E-state index in [1.165, 1.54) is 0 Å². The van der Waals surface area contributed by atoms with Gasteiger partial charge in [0.15, 0.2) is 0 Å². The van der Waals surface area contributed by atoms with E-state index in [9.17, 15) is 4.79 Å². The average molecular weight is 233 g/mol. The topological polar surface area (TPSA) is 29.5 Å². The van der Waals surface area contributed by atoms with Crippen molar-refractivity contribution in [3.63, 3.8) is 0 Å². The highest BCUT2D eigenvalue weighted by Crippen LogP contribution is 2.04. The van der Waals surface area contributed by atoms with Gasteiger partial charge >= 0.3 is 6.09 Å². The summed E-state index contributed by atoms with van der Waals surface area (Å²) in [6, 6.07) is 9.65. The Kier molecular flexibility index (Phi) is 5.27. The zero-order valence-corrected chi connectivity index (χ0v) is 10.5. The van der Waals surface area contributed by atoms with Crippen molar-refractivity contribution in [2.24, 2.45) is 0 Å². The van der Waals surface area contributed by atoms with E-state index in [0.717, 1.165) is 11.1 Å². The molecule has 0 aliphatic rings. The van der Waals surface area contributed by atoms with Gasteiger partial charge in [-0.3, -0.25) is 0 Å². The fourth-order valence-electron chi connectivity index (χ4n) is 1.44. The number of ether oxygens (including phenoxy) is 1. The second kappa shape index (κ2) is 6.74. The molecule has 0 saturated carbocycles. The first-order chi connectivity index (χ1) is 8.13. The summed E-state index contributed by atoms with van der Waals surface area (Å²) in [4.78, 5) is 13.4. The van der Waals surface area contributed by atoms with Gasteiger partial charge in [0.2, 0.25) is 0 Å². The van der Waals surface area contributed by atoms with Crippen LogP contribution >= 0.6 is 0 Å². The fourth-order valence-corrected chi connectivity index (χ4v) is 1.44. The van der Waals surface area contributed by atoms with Gasteiger partial charge in [0.25, 0.3) is 0 Å². The van der Waals surface area contributed by atoms with Crippen LogP contribution in [-0.2, 0) is 11.3 Å². The van der Waals surface area contributed by atoms with Crippen molar-refractivity contribution in [1.82, 2.24) is 4.90 Å². The first-order valence-electron chi connectivity index (χ1n) is 5.73. The summed E-state index contributed by atoms with van der Waals surface area (Å²) in [5.41, 5.74) is 1.94. The fraction of sp³-hybridized carbons (Fsp3) is 0.357. The van der Waals surface area contributed by atoms with Gasteiger partial charge < -0.3 is 9.64 Å². The molecule has 0 radical (unpaired) electrons. The zero-order valence-electron chi connectivity index (χ0n) is 10.5. The predicted molar refractivity (Wildman–Crippen MR) is 68.7 cm³/mol. The molecule has 1 amide bonds. The quantitative estimate of drug-likeness (QED) is 0.731. The first-order valence-corrected chi connectivity index (χ1v) is 5.73. The van der Waals surface area contributed by atoms with Crippen LogP contribution in [0.4, 0.5) is 4.79 Å². The third kappa shape index (κ3) is 4.72. The summed E-state index contributed by atoms with van der Waals surface area (Å²) in [5, 5.41) is 0. The number of likely N-dealkylation sites (N-methyl/N-ethyl adjacent to an activating group) is 1. The largest absolute Gasteiger partial charge is 0.445 e. The minimum absolute atomic E-state index is 0.292. The van der Waals surface area contributed by atoms with Crippen molar-refractivity contribution in [3.05, 3.63) is 48.0 Å². The van der Waals surface area contributed by atoms with Crippen molar-refractivity contribution in [2.75, 3.05) is 13.1 Å². The Hall–Kier alpha value is -1.77. The Morgan fingerprint density at radius 2 is 2.00 bits per heavy atom. The summed E-state index contributed by atoms with van der Waals surface area (Å²) in [7, 11) is 0. The third-order valence-corrected chi connectivity index (χ3v) is 2.31. The van der Waals surface area contributed by atoms with Crippen LogP contribution in [0, 0.1) is 0 Å². The van der Waals surface area contributed by atoms with Crippen molar-refractivity contribution >= 4 is 6.09 Å². The molecule has 1 aromatic rings. The maximum atomic E-state index is 11.7. The molecule has 0 aromatic heterocycles. The minimum atomic E-state index is -0.292. The molecule has 1 aromatic carbocycles. The number of hydrogen-bond donors (Lipinski definition) is 0. The Bertz CT molecular complexity index is 373. The predicted octanol–water partition coefficient (Wildman–Crippen LogP) is 3.22. The molecule has 0 spiro atoms. The van der Waals surface area contributed by atoms with Crippen LogP contribution in [0.5, 0.6) is 0 Å². The number of carbonyl (C=O) groups is 1. The molecule has 0 aliphatic heterocycles. The van der Waals surface area contributed by atoms with Gasteiger partial charge in [-0.1, -0.05) is 42.5 Å². The normalized spacial score (nSPS) is 9.76. The molecular weight excluding hydrogens is 214 g/mol. The molecule has 0 N–H and O–H groups in total. The monoisotopic (exact) mass is 233 g/mol. The minimum Gasteiger partial charge on any atom is -0.445 e. The lowest BCUT2D eigenvalue weighted by Crippen LogP contribution is -2.32. The van der Waals surface area contributed by atoms with Crippen molar-refractivity contribution in [3.8, 4) is 0 Å². The van der Waals surface area contributed by atoms with E-state index >= 15 is 0 Å². The van der Waals surface area contributed by atoms with E-state index in [2.05, 4.69) is 6.58 Å². The highest BCUT2D eigenvalue weighted by Gasteiger charge is 2.12. The molecular formula is C14H19NO2. The highest BCUT2D eigenvalue weighted by atomic mass is 16.6. The molecule has 0 atom stereocenters. The Labute approximate surface area is 103 Å². The second-order valence-corrected chi connectivity index (χ2v) is 4.01. The summed E-state index contributed by atoms with van der Waals surface area (Å²) < 4.78 is 5.23. The third-order valence-electron chi connectivity index (χ3n) is 2.31. The number of hydrogen-bond acceptors (Lipinski definition) is 2. The Morgan fingerprint density at radius 1 is 1.35 bits per heavy atom. The second-order valence-electron chi connectivity index (χ2n) is 4.01. The molecule has 17 heavy (non-hydrogen) atoms. The van der Waals surface area contributed by atoms with Crippen molar-refractivity contribution in [1.29, 1.82) is 0 Å². The van der Waals surface area contributed by atoms with Gasteiger partial charge in [0.1, 0.15) is 6.61 Å². The average Bonchev–Trinajstić information content (AvgIpc) is 2.34. The van der Waals surface area contributed by atoms with Gasteiger partial charge in [0, 0.05) is 13.1 Å². The van der Waals surface area contributed by atoms with Crippen LogP contribution in [0.3, 0.4) is 0 Å². The van der Waals surface area contributed by atoms with E-state index in [-0.39, 0.29) is 6.09 Å². The maximum absolute atomic E-state index is 11.7. The van der Waals surface area contributed by atoms with E-state index < -0.39 is 0 Å². The molecule has 0 fully saturated rings. The smallest absolute Gasteiger partial charge is 0.410 e. The molecule has 0 unspecified atom stereocenters. The Morgan fingerprint density at radius 3 is 2.53 bits per heavy atom. The maximum Gasteiger partial charge on any atom is 0.410 e. The van der Waals surface area contributed by atoms with Gasteiger partial charge in [-0.05, 0) is 19.4 Å². The van der Waals surface area contributed by atoms with Gasteiger partial charge in [-0.25, -0.2) is 4.79 Å². The van der Waals surface area contributed by atoms with E-state index in [1.54, 1.807) is 4.90 Å². The standard InChI is InChI=1S/C14H19NO2/c1-4-15(10-12(2)3)14(16)17-11-13-8-6-5-7-9-13/h5-9H,2,4,10-11H2,1,3H3. The molecule has 0 saturated heterocycles. The van der Waals surface area contributed by atoms with Crippen LogP contribution in [0.25, 0.3) is 0 Å². The van der Waals surface area contributed by atoms with Crippen LogP contribution in [0.2, 0.25) is 0 Å². The molecule has 1 rings (SSSR count). The molecule has 3 heteroatoms. The zero-order chi connectivity index (χ0) is 12.7. The number of nitrogens with zero attached hydrogens (tertiary/aromatic N) is 1. The molecule has 92 valence electrons. The number of rotatable bonds is 5. The summed E-state index contributed by atoms with van der Waals surface area (Å²) in [5.74, 6) is 0. The lowest BCUT2D eigenvalue weighted by atomic mass is 10.2.